The van der Waals surface area contributed by atoms with Crippen LogP contribution in [-0.4, -0.2) is 27.2 Å². The summed E-state index contributed by atoms with van der Waals surface area (Å²) in [5, 5.41) is 2.99. The van der Waals surface area contributed by atoms with Crippen molar-refractivity contribution in [1.82, 2.24) is 5.32 Å². The zero-order valence-electron chi connectivity index (χ0n) is 15.4. The van der Waals surface area contributed by atoms with Gasteiger partial charge in [-0.2, -0.15) is 0 Å². The molecule has 6 heteroatoms. The summed E-state index contributed by atoms with van der Waals surface area (Å²) in [6.45, 7) is 4.65. The summed E-state index contributed by atoms with van der Waals surface area (Å²) in [6.07, 6.45) is 2.80. The summed E-state index contributed by atoms with van der Waals surface area (Å²) in [5.74, 6) is 0.567. The van der Waals surface area contributed by atoms with Crippen molar-refractivity contribution < 1.29 is 17.9 Å². The largest absolute Gasteiger partial charge is 0.494 e. The van der Waals surface area contributed by atoms with Crippen LogP contribution in [-0.2, 0) is 9.84 Å². The van der Waals surface area contributed by atoms with E-state index >= 15 is 0 Å². The Labute approximate surface area is 155 Å². The Bertz CT molecular complexity index is 827. The van der Waals surface area contributed by atoms with Crippen molar-refractivity contribution in [1.29, 1.82) is 0 Å². The zero-order chi connectivity index (χ0) is 19.2. The van der Waals surface area contributed by atoms with Gasteiger partial charge in [0.05, 0.1) is 17.5 Å². The number of ether oxygens (including phenoxy) is 1. The Hall–Kier alpha value is -2.34. The quantitative estimate of drug-likeness (QED) is 0.762. The molecular weight excluding hydrogens is 350 g/mol. The van der Waals surface area contributed by atoms with Crippen molar-refractivity contribution in [2.75, 3.05) is 12.9 Å². The molecule has 0 radical (unpaired) electrons. The second kappa shape index (κ2) is 8.85. The highest BCUT2D eigenvalue weighted by Gasteiger charge is 2.15. The van der Waals surface area contributed by atoms with Crippen LogP contribution >= 0.6 is 0 Å². The van der Waals surface area contributed by atoms with Gasteiger partial charge in [-0.3, -0.25) is 4.79 Å². The van der Waals surface area contributed by atoms with Gasteiger partial charge < -0.3 is 10.1 Å². The Kier molecular flexibility index (Phi) is 6.80. The van der Waals surface area contributed by atoms with Gasteiger partial charge in [0.2, 0.25) is 0 Å². The molecule has 140 valence electrons. The average molecular weight is 375 g/mol. The monoisotopic (exact) mass is 375 g/mol. The number of rotatable bonds is 8. The SMILES string of the molecule is CCCOc1ccc(C(=O)N[C@H](CC)c2ccc(S(C)(=O)=O)cc2)cc1. The maximum atomic E-state index is 12.5. The van der Waals surface area contributed by atoms with Crippen molar-refractivity contribution in [3.05, 3.63) is 59.7 Å². The summed E-state index contributed by atoms with van der Waals surface area (Å²) >= 11 is 0. The summed E-state index contributed by atoms with van der Waals surface area (Å²) in [6, 6.07) is 13.5. The molecule has 0 fully saturated rings. The third kappa shape index (κ3) is 5.33. The zero-order valence-corrected chi connectivity index (χ0v) is 16.2. The van der Waals surface area contributed by atoms with Crippen LogP contribution < -0.4 is 10.1 Å². The molecule has 0 aliphatic heterocycles. The average Bonchev–Trinajstić information content (AvgIpc) is 2.64. The van der Waals surface area contributed by atoms with E-state index in [-0.39, 0.29) is 16.8 Å². The van der Waals surface area contributed by atoms with Gasteiger partial charge in [-0.25, -0.2) is 8.42 Å². The van der Waals surface area contributed by atoms with E-state index in [1.807, 2.05) is 13.8 Å². The van der Waals surface area contributed by atoms with Crippen molar-refractivity contribution in [3.8, 4) is 5.75 Å². The third-order valence-corrected chi connectivity index (χ3v) is 5.14. The molecule has 1 atom stereocenters. The standard InChI is InChI=1S/C20H25NO4S/c1-4-14-25-17-10-6-16(7-11-17)20(22)21-19(5-2)15-8-12-18(13-9-15)26(3,23)24/h6-13,19H,4-5,14H2,1-3H3,(H,21,22)/t19-/m1/s1. The second-order valence-electron chi connectivity index (χ2n) is 6.15. The first-order valence-corrected chi connectivity index (χ1v) is 10.6. The Balaban J connectivity index is 2.08. The van der Waals surface area contributed by atoms with Gasteiger partial charge in [-0.1, -0.05) is 26.0 Å². The van der Waals surface area contributed by atoms with E-state index in [9.17, 15) is 13.2 Å². The number of hydrogen-bond acceptors (Lipinski definition) is 4. The van der Waals surface area contributed by atoms with Crippen LogP contribution in [0.3, 0.4) is 0 Å². The molecule has 0 unspecified atom stereocenters. The maximum absolute atomic E-state index is 12.5. The van der Waals surface area contributed by atoms with Gasteiger partial charge in [0.25, 0.3) is 5.91 Å². The highest BCUT2D eigenvalue weighted by Crippen LogP contribution is 2.20. The van der Waals surface area contributed by atoms with Gasteiger partial charge in [0.15, 0.2) is 9.84 Å². The molecule has 0 heterocycles. The van der Waals surface area contributed by atoms with E-state index in [1.165, 1.54) is 6.26 Å². The van der Waals surface area contributed by atoms with Crippen LogP contribution in [0.5, 0.6) is 5.75 Å². The van der Waals surface area contributed by atoms with Crippen LogP contribution in [0.2, 0.25) is 0 Å². The number of carbonyl (C=O) groups excluding carboxylic acids is 1. The van der Waals surface area contributed by atoms with Crippen LogP contribution in [0.25, 0.3) is 0 Å². The number of nitrogens with one attached hydrogen (secondary N) is 1. The highest BCUT2D eigenvalue weighted by molar-refractivity contribution is 7.90. The Morgan fingerprint density at radius 1 is 1.04 bits per heavy atom. The molecule has 0 saturated heterocycles. The molecule has 2 aromatic rings. The minimum atomic E-state index is -3.23. The summed E-state index contributed by atoms with van der Waals surface area (Å²) in [5.41, 5.74) is 1.43. The summed E-state index contributed by atoms with van der Waals surface area (Å²) in [7, 11) is -3.23. The summed E-state index contributed by atoms with van der Waals surface area (Å²) in [4.78, 5) is 12.8. The first-order valence-electron chi connectivity index (χ1n) is 8.69. The first-order chi connectivity index (χ1) is 12.3. The van der Waals surface area contributed by atoms with Crippen molar-refractivity contribution in [2.45, 2.75) is 37.6 Å². The molecule has 0 spiro atoms. The van der Waals surface area contributed by atoms with E-state index in [1.54, 1.807) is 48.5 Å². The van der Waals surface area contributed by atoms with E-state index in [0.717, 1.165) is 17.7 Å². The predicted molar refractivity (Wildman–Crippen MR) is 102 cm³/mol. The fourth-order valence-electron chi connectivity index (χ4n) is 2.53. The fraction of sp³-hybridized carbons (Fsp3) is 0.350. The highest BCUT2D eigenvalue weighted by atomic mass is 32.2. The lowest BCUT2D eigenvalue weighted by Gasteiger charge is -2.18. The molecule has 0 aromatic heterocycles. The predicted octanol–water partition coefficient (Wildman–Crippen LogP) is 3.76. The second-order valence-corrected chi connectivity index (χ2v) is 8.16. The number of hydrogen-bond donors (Lipinski definition) is 1. The first kappa shape index (κ1) is 20.0. The van der Waals surface area contributed by atoms with Crippen LogP contribution in [0, 0.1) is 0 Å². The number of benzene rings is 2. The van der Waals surface area contributed by atoms with Gasteiger partial charge in [-0.05, 0) is 54.8 Å². The Morgan fingerprint density at radius 3 is 2.15 bits per heavy atom. The summed E-state index contributed by atoms with van der Waals surface area (Å²) < 4.78 is 28.6. The van der Waals surface area contributed by atoms with E-state index in [4.69, 9.17) is 4.74 Å². The number of carbonyl (C=O) groups is 1. The minimum Gasteiger partial charge on any atom is -0.494 e. The number of amides is 1. The van der Waals surface area contributed by atoms with Crippen LogP contribution in [0.15, 0.2) is 53.4 Å². The maximum Gasteiger partial charge on any atom is 0.251 e. The molecule has 1 amide bonds. The fourth-order valence-corrected chi connectivity index (χ4v) is 3.16. The molecule has 2 aromatic carbocycles. The minimum absolute atomic E-state index is 0.175. The molecular formula is C20H25NO4S. The molecule has 0 aliphatic rings. The molecule has 0 aliphatic carbocycles. The number of sulfone groups is 1. The van der Waals surface area contributed by atoms with Crippen molar-refractivity contribution >= 4 is 15.7 Å². The van der Waals surface area contributed by atoms with Gasteiger partial charge in [0.1, 0.15) is 5.75 Å². The normalized spacial score (nSPS) is 12.4. The molecule has 2 rings (SSSR count). The Morgan fingerprint density at radius 2 is 1.65 bits per heavy atom. The van der Waals surface area contributed by atoms with Crippen LogP contribution in [0.1, 0.15) is 48.7 Å². The topological polar surface area (TPSA) is 72.5 Å². The van der Waals surface area contributed by atoms with Gasteiger partial charge >= 0.3 is 0 Å². The lowest BCUT2D eigenvalue weighted by atomic mass is 10.0. The van der Waals surface area contributed by atoms with Gasteiger partial charge in [-0.15, -0.1) is 0 Å². The van der Waals surface area contributed by atoms with Gasteiger partial charge in [0, 0.05) is 11.8 Å². The van der Waals surface area contributed by atoms with Crippen molar-refractivity contribution in [2.24, 2.45) is 0 Å². The van der Waals surface area contributed by atoms with Crippen molar-refractivity contribution in [3.63, 3.8) is 0 Å². The molecule has 0 bridgehead atoms. The lowest BCUT2D eigenvalue weighted by Crippen LogP contribution is -2.28. The molecule has 26 heavy (non-hydrogen) atoms. The molecule has 5 nitrogen and oxygen atoms in total. The van der Waals surface area contributed by atoms with E-state index in [0.29, 0.717) is 18.6 Å². The van der Waals surface area contributed by atoms with E-state index in [2.05, 4.69) is 5.32 Å². The molecule has 1 N–H and O–H groups in total. The van der Waals surface area contributed by atoms with E-state index < -0.39 is 9.84 Å². The van der Waals surface area contributed by atoms with Crippen LogP contribution in [0.4, 0.5) is 0 Å². The lowest BCUT2D eigenvalue weighted by molar-refractivity contribution is 0.0935. The third-order valence-electron chi connectivity index (χ3n) is 4.01. The molecule has 0 saturated carbocycles. The smallest absolute Gasteiger partial charge is 0.251 e.